The van der Waals surface area contributed by atoms with Crippen molar-refractivity contribution < 1.29 is 4.39 Å². The smallest absolute Gasteiger partial charge is 0.215 e. The Morgan fingerprint density at radius 2 is 2.12 bits per heavy atom. The monoisotopic (exact) mass is 363 g/mol. The number of halogens is 1. The Kier molecular flexibility index (Phi) is 5.86. The van der Waals surface area contributed by atoms with Crippen molar-refractivity contribution in [1.29, 1.82) is 0 Å². The van der Waals surface area contributed by atoms with Crippen molar-refractivity contribution >= 4 is 29.0 Å². The largest absolute Gasteiger partial charge is 0.332 e. The molecule has 0 saturated carbocycles. The van der Waals surface area contributed by atoms with Crippen LogP contribution in [-0.2, 0) is 0 Å². The summed E-state index contributed by atoms with van der Waals surface area (Å²) in [5.74, 6) is 1.32. The molecule has 0 radical (unpaired) electrons. The fraction of sp³-hybridized carbons (Fsp3) is 0.556. The molecule has 1 fully saturated rings. The van der Waals surface area contributed by atoms with Gasteiger partial charge in [-0.15, -0.1) is 0 Å². The first-order valence-electron chi connectivity index (χ1n) is 8.98. The molecule has 1 aromatic carbocycles. The number of hydrogen-bond donors (Lipinski definition) is 2. The van der Waals surface area contributed by atoms with E-state index in [-0.39, 0.29) is 11.9 Å². The lowest BCUT2D eigenvalue weighted by atomic mass is 9.95. The molecule has 0 bridgehead atoms. The van der Waals surface area contributed by atoms with E-state index < -0.39 is 0 Å². The zero-order valence-corrected chi connectivity index (χ0v) is 15.7. The van der Waals surface area contributed by atoms with Crippen LogP contribution in [0.15, 0.2) is 29.3 Å². The summed E-state index contributed by atoms with van der Waals surface area (Å²) in [5.41, 5.74) is 4.07. The van der Waals surface area contributed by atoms with E-state index in [1.165, 1.54) is 31.4 Å². The predicted molar refractivity (Wildman–Crippen MR) is 104 cm³/mol. The number of hydrazine groups is 1. The van der Waals surface area contributed by atoms with Crippen LogP contribution >= 0.6 is 12.2 Å². The number of hydrogen-bond acceptors (Lipinski definition) is 4. The second kappa shape index (κ2) is 8.10. The third kappa shape index (κ3) is 4.46. The Bertz CT molecular complexity index is 642. The van der Waals surface area contributed by atoms with Gasteiger partial charge in [-0.25, -0.2) is 14.4 Å². The number of aliphatic imine (C=N–C) groups is 1. The summed E-state index contributed by atoms with van der Waals surface area (Å²) in [6, 6.07) is 6.49. The summed E-state index contributed by atoms with van der Waals surface area (Å²) in [4.78, 5) is 6.58. The number of nitrogens with one attached hydrogen (secondary N) is 2. The molecule has 0 spiro atoms. The van der Waals surface area contributed by atoms with Gasteiger partial charge < -0.3 is 5.32 Å². The van der Waals surface area contributed by atoms with Gasteiger partial charge in [0.1, 0.15) is 5.82 Å². The first-order chi connectivity index (χ1) is 12.1. The third-order valence-corrected chi connectivity index (χ3v) is 5.22. The summed E-state index contributed by atoms with van der Waals surface area (Å²) in [5, 5.41) is 5.87. The van der Waals surface area contributed by atoms with E-state index in [2.05, 4.69) is 34.6 Å². The number of rotatable bonds is 3. The van der Waals surface area contributed by atoms with Gasteiger partial charge in [-0.2, -0.15) is 0 Å². The van der Waals surface area contributed by atoms with E-state index in [4.69, 9.17) is 12.2 Å². The summed E-state index contributed by atoms with van der Waals surface area (Å²) in [6.45, 7) is 7.07. The molecule has 1 atom stereocenters. The highest BCUT2D eigenvalue weighted by Gasteiger charge is 2.30. The maximum Gasteiger partial charge on any atom is 0.215 e. The van der Waals surface area contributed by atoms with Gasteiger partial charge in [-0.3, -0.25) is 10.3 Å². The van der Waals surface area contributed by atoms with Crippen molar-refractivity contribution in [1.82, 2.24) is 15.3 Å². The quantitative estimate of drug-likeness (QED) is 0.808. The van der Waals surface area contributed by atoms with Crippen molar-refractivity contribution in [3.05, 3.63) is 30.1 Å². The molecule has 5 nitrogen and oxygen atoms in total. The topological polar surface area (TPSA) is 42.9 Å². The van der Waals surface area contributed by atoms with Gasteiger partial charge in [-0.05, 0) is 56.1 Å². The lowest BCUT2D eigenvalue weighted by molar-refractivity contribution is 0.149. The van der Waals surface area contributed by atoms with Crippen LogP contribution in [0.1, 0.15) is 33.1 Å². The number of benzene rings is 1. The highest BCUT2D eigenvalue weighted by atomic mass is 32.1. The van der Waals surface area contributed by atoms with Crippen LogP contribution in [0.5, 0.6) is 0 Å². The Hall–Kier alpha value is -1.73. The van der Waals surface area contributed by atoms with Crippen LogP contribution in [-0.4, -0.2) is 46.7 Å². The molecular weight excluding hydrogens is 337 g/mol. The second-order valence-electron chi connectivity index (χ2n) is 6.77. The maximum absolute atomic E-state index is 13.4. The molecule has 2 heterocycles. The minimum absolute atomic E-state index is 0.171. The number of guanidine groups is 1. The van der Waals surface area contributed by atoms with Crippen molar-refractivity contribution in [3.63, 3.8) is 0 Å². The molecule has 2 N–H and O–H groups in total. The molecule has 1 aromatic rings. The normalized spacial score (nSPS) is 22.0. The van der Waals surface area contributed by atoms with Gasteiger partial charge in [0.15, 0.2) is 5.11 Å². The average Bonchev–Trinajstić information content (AvgIpc) is 2.96. The summed E-state index contributed by atoms with van der Waals surface area (Å²) in [6.07, 6.45) is 3.66. The van der Waals surface area contributed by atoms with Gasteiger partial charge >= 0.3 is 0 Å². The standard InChI is InChI=1S/C18H26FN5S/c1-3-14-7-9-23(10-8-14)22-17-20-12-13(2)24(17)18(25)21-16-6-4-5-15(19)11-16/h4-6,11,13-14H,3,7-10,12H2,1-2H3,(H,20,22)(H,21,25). The molecule has 136 valence electrons. The fourth-order valence-electron chi connectivity index (χ4n) is 3.32. The van der Waals surface area contributed by atoms with E-state index in [1.807, 2.05) is 4.90 Å². The number of piperidine rings is 1. The lowest BCUT2D eigenvalue weighted by Crippen LogP contribution is -2.54. The van der Waals surface area contributed by atoms with Crippen molar-refractivity contribution in [2.75, 3.05) is 25.0 Å². The van der Waals surface area contributed by atoms with Crippen LogP contribution in [0.4, 0.5) is 10.1 Å². The van der Waals surface area contributed by atoms with E-state index in [9.17, 15) is 4.39 Å². The Labute approximate surface area is 154 Å². The molecule has 3 rings (SSSR count). The second-order valence-corrected chi connectivity index (χ2v) is 7.16. The first-order valence-corrected chi connectivity index (χ1v) is 9.39. The Morgan fingerprint density at radius 1 is 1.36 bits per heavy atom. The highest BCUT2D eigenvalue weighted by molar-refractivity contribution is 7.80. The predicted octanol–water partition coefficient (Wildman–Crippen LogP) is 3.21. The summed E-state index contributed by atoms with van der Waals surface area (Å²) in [7, 11) is 0. The van der Waals surface area contributed by atoms with Crippen molar-refractivity contribution in [2.45, 2.75) is 39.2 Å². The van der Waals surface area contributed by atoms with E-state index in [1.54, 1.807) is 12.1 Å². The molecular formula is C18H26FN5S. The van der Waals surface area contributed by atoms with Crippen molar-refractivity contribution in [2.24, 2.45) is 10.9 Å². The molecule has 1 saturated heterocycles. The van der Waals surface area contributed by atoms with Gasteiger partial charge in [0, 0.05) is 18.8 Å². The summed E-state index contributed by atoms with van der Waals surface area (Å²) < 4.78 is 13.4. The zero-order chi connectivity index (χ0) is 17.8. The zero-order valence-electron chi connectivity index (χ0n) is 14.8. The summed E-state index contributed by atoms with van der Waals surface area (Å²) >= 11 is 5.55. The van der Waals surface area contributed by atoms with Crippen LogP contribution in [0, 0.1) is 11.7 Å². The van der Waals surface area contributed by atoms with Crippen LogP contribution in [0.3, 0.4) is 0 Å². The highest BCUT2D eigenvalue weighted by Crippen LogP contribution is 2.20. The van der Waals surface area contributed by atoms with Gasteiger partial charge in [0.25, 0.3) is 0 Å². The third-order valence-electron chi connectivity index (χ3n) is 4.92. The molecule has 0 amide bonds. The fourth-order valence-corrected chi connectivity index (χ4v) is 3.70. The molecule has 2 aliphatic rings. The average molecular weight is 364 g/mol. The van der Waals surface area contributed by atoms with Crippen LogP contribution < -0.4 is 10.7 Å². The Morgan fingerprint density at radius 3 is 2.80 bits per heavy atom. The molecule has 2 aliphatic heterocycles. The van der Waals surface area contributed by atoms with Gasteiger partial charge in [0.05, 0.1) is 12.6 Å². The molecule has 1 unspecified atom stereocenters. The van der Waals surface area contributed by atoms with E-state index >= 15 is 0 Å². The van der Waals surface area contributed by atoms with Gasteiger partial charge in [-0.1, -0.05) is 19.4 Å². The van der Waals surface area contributed by atoms with Crippen molar-refractivity contribution in [3.8, 4) is 0 Å². The van der Waals surface area contributed by atoms with E-state index in [0.717, 1.165) is 25.0 Å². The first kappa shape index (κ1) is 18.1. The van der Waals surface area contributed by atoms with Gasteiger partial charge in [0.2, 0.25) is 5.96 Å². The SMILES string of the molecule is CCC1CCN(NC2=NCC(C)N2C(=S)Nc2cccc(F)c2)CC1. The lowest BCUT2D eigenvalue weighted by Gasteiger charge is -2.35. The van der Waals surface area contributed by atoms with Crippen LogP contribution in [0.25, 0.3) is 0 Å². The Balaban J connectivity index is 1.61. The molecule has 25 heavy (non-hydrogen) atoms. The van der Waals surface area contributed by atoms with Crippen LogP contribution in [0.2, 0.25) is 0 Å². The minimum Gasteiger partial charge on any atom is -0.332 e. The maximum atomic E-state index is 13.4. The molecule has 7 heteroatoms. The number of anilines is 1. The molecule has 0 aromatic heterocycles. The molecule has 0 aliphatic carbocycles. The number of thiocarbonyl (C=S) groups is 1. The number of nitrogens with zero attached hydrogens (tertiary/aromatic N) is 3. The van der Waals surface area contributed by atoms with E-state index in [0.29, 0.717) is 17.3 Å². The minimum atomic E-state index is -0.284.